The summed E-state index contributed by atoms with van der Waals surface area (Å²) >= 11 is 0. The molecule has 0 aliphatic carbocycles. The van der Waals surface area contributed by atoms with Crippen molar-refractivity contribution >= 4 is 16.1 Å². The Labute approximate surface area is 96.9 Å². The fourth-order valence-electron chi connectivity index (χ4n) is 0.973. The van der Waals surface area contributed by atoms with E-state index in [0.29, 0.717) is 6.42 Å². The molecule has 0 aromatic heterocycles. The molecule has 0 fully saturated rings. The van der Waals surface area contributed by atoms with E-state index in [1.54, 1.807) is 0 Å². The number of hydrogen-bond donors (Lipinski definition) is 1. The number of hydrogen-bond acceptors (Lipinski definition) is 4. The lowest BCUT2D eigenvalue weighted by molar-refractivity contribution is -0.159. The maximum absolute atomic E-state index is 11.3. The van der Waals surface area contributed by atoms with Crippen LogP contribution in [0.15, 0.2) is 0 Å². The lowest BCUT2D eigenvalue weighted by atomic mass is 9.93. The van der Waals surface area contributed by atoms with Gasteiger partial charge in [0.2, 0.25) is 0 Å². The zero-order chi connectivity index (χ0) is 13.2. The van der Waals surface area contributed by atoms with Gasteiger partial charge in [0, 0.05) is 6.42 Å². The van der Waals surface area contributed by atoms with E-state index in [1.165, 1.54) is 27.7 Å². The van der Waals surface area contributed by atoms with Crippen LogP contribution in [-0.4, -0.2) is 29.3 Å². The molecule has 0 unspecified atom stereocenters. The second-order valence-electron chi connectivity index (χ2n) is 4.72. The molecule has 0 spiro atoms. The molecule has 0 aliphatic rings. The highest BCUT2D eigenvalue weighted by Crippen LogP contribution is 2.32. The van der Waals surface area contributed by atoms with Gasteiger partial charge in [0.15, 0.2) is 0 Å². The van der Waals surface area contributed by atoms with Crippen LogP contribution in [0, 0.1) is 0 Å². The van der Waals surface area contributed by atoms with Crippen LogP contribution in [0.3, 0.4) is 0 Å². The van der Waals surface area contributed by atoms with E-state index >= 15 is 0 Å². The molecule has 0 radical (unpaired) electrons. The SMILES string of the molecule is CCCC(=O)OC(C)(C)C(C)(C)S(=O)(=O)O. The fraction of sp³-hybridized carbons (Fsp3) is 0.900. The largest absolute Gasteiger partial charge is 0.458 e. The lowest BCUT2D eigenvalue weighted by Gasteiger charge is -2.37. The molecule has 5 nitrogen and oxygen atoms in total. The summed E-state index contributed by atoms with van der Waals surface area (Å²) in [5.41, 5.74) is -1.28. The number of rotatable bonds is 5. The van der Waals surface area contributed by atoms with E-state index in [4.69, 9.17) is 9.29 Å². The first-order valence-electron chi connectivity index (χ1n) is 5.14. The summed E-state index contributed by atoms with van der Waals surface area (Å²) < 4.78 is 35.1. The summed E-state index contributed by atoms with van der Waals surface area (Å²) in [6.45, 7) is 7.40. The molecule has 96 valence electrons. The lowest BCUT2D eigenvalue weighted by Crippen LogP contribution is -2.53. The van der Waals surface area contributed by atoms with E-state index in [1.807, 2.05) is 6.92 Å². The molecule has 0 bridgehead atoms. The normalized spacial score (nSPS) is 13.6. The third-order valence-corrected chi connectivity index (χ3v) is 4.70. The van der Waals surface area contributed by atoms with Crippen molar-refractivity contribution in [3.05, 3.63) is 0 Å². The van der Waals surface area contributed by atoms with Crippen LogP contribution in [-0.2, 0) is 19.6 Å². The van der Waals surface area contributed by atoms with E-state index in [9.17, 15) is 13.2 Å². The first kappa shape index (κ1) is 15.4. The molecule has 0 aromatic rings. The molecule has 0 heterocycles. The summed E-state index contributed by atoms with van der Waals surface area (Å²) in [4.78, 5) is 11.3. The van der Waals surface area contributed by atoms with Crippen molar-refractivity contribution in [2.45, 2.75) is 57.8 Å². The van der Waals surface area contributed by atoms with Crippen LogP contribution < -0.4 is 0 Å². The number of esters is 1. The molecule has 0 saturated heterocycles. The van der Waals surface area contributed by atoms with Gasteiger partial charge in [0.25, 0.3) is 10.1 Å². The average molecular weight is 252 g/mol. The Morgan fingerprint density at radius 3 is 2.00 bits per heavy atom. The van der Waals surface area contributed by atoms with E-state index in [-0.39, 0.29) is 6.42 Å². The van der Waals surface area contributed by atoms with Gasteiger partial charge in [-0.15, -0.1) is 0 Å². The Kier molecular flexibility index (Phi) is 4.53. The second-order valence-corrected chi connectivity index (χ2v) is 6.69. The maximum Gasteiger partial charge on any atom is 0.306 e. The highest BCUT2D eigenvalue weighted by molar-refractivity contribution is 7.87. The van der Waals surface area contributed by atoms with E-state index in [2.05, 4.69) is 0 Å². The van der Waals surface area contributed by atoms with Gasteiger partial charge in [0.05, 0.1) is 0 Å². The van der Waals surface area contributed by atoms with Crippen LogP contribution in [0.1, 0.15) is 47.5 Å². The van der Waals surface area contributed by atoms with Gasteiger partial charge >= 0.3 is 5.97 Å². The van der Waals surface area contributed by atoms with Gasteiger partial charge < -0.3 is 4.74 Å². The first-order valence-corrected chi connectivity index (χ1v) is 6.58. The zero-order valence-electron chi connectivity index (χ0n) is 10.4. The Balaban J connectivity index is 4.99. The average Bonchev–Trinajstić information content (AvgIpc) is 2.00. The molecule has 1 N–H and O–H groups in total. The van der Waals surface area contributed by atoms with Crippen molar-refractivity contribution < 1.29 is 22.5 Å². The number of ether oxygens (including phenoxy) is 1. The van der Waals surface area contributed by atoms with Gasteiger partial charge in [-0.3, -0.25) is 9.35 Å². The summed E-state index contributed by atoms with van der Waals surface area (Å²) in [7, 11) is -4.30. The van der Waals surface area contributed by atoms with Crippen molar-refractivity contribution in [2.24, 2.45) is 0 Å². The van der Waals surface area contributed by atoms with Crippen LogP contribution >= 0.6 is 0 Å². The van der Waals surface area contributed by atoms with Gasteiger partial charge in [-0.2, -0.15) is 8.42 Å². The third kappa shape index (κ3) is 3.18. The maximum atomic E-state index is 11.3. The van der Waals surface area contributed by atoms with Crippen LogP contribution in [0.5, 0.6) is 0 Å². The Hall–Kier alpha value is -0.620. The van der Waals surface area contributed by atoms with Crippen molar-refractivity contribution in [3.8, 4) is 0 Å². The topological polar surface area (TPSA) is 80.7 Å². The molecule has 0 amide bonds. The van der Waals surface area contributed by atoms with Crippen LogP contribution in [0.2, 0.25) is 0 Å². The monoisotopic (exact) mass is 252 g/mol. The second kappa shape index (κ2) is 4.71. The number of carbonyl (C=O) groups excluding carboxylic acids is 1. The zero-order valence-corrected chi connectivity index (χ0v) is 11.2. The summed E-state index contributed by atoms with van der Waals surface area (Å²) in [5.74, 6) is -0.468. The van der Waals surface area contributed by atoms with E-state index in [0.717, 1.165) is 0 Å². The highest BCUT2D eigenvalue weighted by Gasteiger charge is 2.49. The molecular weight excluding hydrogens is 232 g/mol. The van der Waals surface area contributed by atoms with Crippen molar-refractivity contribution in [1.29, 1.82) is 0 Å². The van der Waals surface area contributed by atoms with Crippen LogP contribution in [0.25, 0.3) is 0 Å². The molecule has 0 atom stereocenters. The van der Waals surface area contributed by atoms with E-state index < -0.39 is 26.4 Å². The van der Waals surface area contributed by atoms with Crippen LogP contribution in [0.4, 0.5) is 0 Å². The molecule has 16 heavy (non-hydrogen) atoms. The molecular formula is C10H20O5S. The molecule has 0 aliphatic heterocycles. The Morgan fingerprint density at radius 1 is 1.25 bits per heavy atom. The van der Waals surface area contributed by atoms with Gasteiger partial charge in [-0.1, -0.05) is 6.92 Å². The molecule has 6 heteroatoms. The predicted octanol–water partition coefficient (Wildman–Crippen LogP) is 1.77. The predicted molar refractivity (Wildman–Crippen MR) is 60.7 cm³/mol. The minimum Gasteiger partial charge on any atom is -0.458 e. The quantitative estimate of drug-likeness (QED) is 0.596. The Bertz CT molecular complexity index is 353. The highest BCUT2D eigenvalue weighted by atomic mass is 32.2. The first-order chi connectivity index (χ1) is 6.95. The summed E-state index contributed by atoms with van der Waals surface area (Å²) in [5, 5.41) is 0. The third-order valence-electron chi connectivity index (χ3n) is 2.92. The standard InChI is InChI=1S/C10H20O5S/c1-6-7-8(11)15-9(2,3)10(4,5)16(12,13)14/h6-7H2,1-5H3,(H,12,13,14). The smallest absolute Gasteiger partial charge is 0.306 e. The minimum atomic E-state index is -4.30. The Morgan fingerprint density at radius 2 is 1.69 bits per heavy atom. The molecule has 0 aromatic carbocycles. The summed E-state index contributed by atoms with van der Waals surface area (Å²) in [6, 6.07) is 0. The van der Waals surface area contributed by atoms with Crippen molar-refractivity contribution in [2.75, 3.05) is 0 Å². The van der Waals surface area contributed by atoms with Crippen molar-refractivity contribution in [3.63, 3.8) is 0 Å². The van der Waals surface area contributed by atoms with Gasteiger partial charge in [0.1, 0.15) is 10.3 Å². The minimum absolute atomic E-state index is 0.227. The van der Waals surface area contributed by atoms with Gasteiger partial charge in [-0.05, 0) is 34.1 Å². The number of carbonyl (C=O) groups is 1. The van der Waals surface area contributed by atoms with Gasteiger partial charge in [-0.25, -0.2) is 0 Å². The fourth-order valence-corrected chi connectivity index (χ4v) is 1.64. The summed E-state index contributed by atoms with van der Waals surface area (Å²) in [6.07, 6.45) is 0.853. The van der Waals surface area contributed by atoms with Crippen molar-refractivity contribution in [1.82, 2.24) is 0 Å². The molecule has 0 rings (SSSR count). The molecule has 0 saturated carbocycles.